The fraction of sp³-hybridized carbons (Fsp3) is 0.174. The highest BCUT2D eigenvalue weighted by atomic mass is 35.5. The molecule has 0 aliphatic carbocycles. The molecule has 0 radical (unpaired) electrons. The van der Waals surface area contributed by atoms with E-state index in [0.717, 1.165) is 39.6 Å². The number of hydrogen-bond acceptors (Lipinski definition) is 2. The van der Waals surface area contributed by atoms with Gasteiger partial charge in [0.15, 0.2) is 0 Å². The van der Waals surface area contributed by atoms with Crippen LogP contribution in [-0.4, -0.2) is 12.5 Å². The Bertz CT molecular complexity index is 895. The highest BCUT2D eigenvalue weighted by molar-refractivity contribution is 7.98. The van der Waals surface area contributed by atoms with Gasteiger partial charge < -0.3 is 5.32 Å². The molecule has 0 spiro atoms. The van der Waals surface area contributed by atoms with E-state index in [1.54, 1.807) is 23.9 Å². The third-order valence-electron chi connectivity index (χ3n) is 4.28. The lowest BCUT2D eigenvalue weighted by molar-refractivity contribution is 0.0953. The standard InChI is InChI=1S/C23H21ClFNOS/c24-20-9-13-22(14-10-20)28-16-18-3-7-19(8-4-18)23(27)26-15-1-2-17-5-11-21(25)12-6-17/h3-14H,1-2,15-16H2,(H,26,27). The van der Waals surface area contributed by atoms with E-state index in [4.69, 9.17) is 11.6 Å². The van der Waals surface area contributed by atoms with Crippen molar-refractivity contribution in [1.82, 2.24) is 5.32 Å². The van der Waals surface area contributed by atoms with Crippen LogP contribution in [0.5, 0.6) is 0 Å². The number of benzene rings is 3. The van der Waals surface area contributed by atoms with Crippen molar-refractivity contribution in [1.29, 1.82) is 0 Å². The Morgan fingerprint density at radius 3 is 2.21 bits per heavy atom. The minimum atomic E-state index is -0.230. The topological polar surface area (TPSA) is 29.1 Å². The molecule has 3 aromatic carbocycles. The van der Waals surface area contributed by atoms with Crippen LogP contribution in [0.3, 0.4) is 0 Å². The molecule has 1 amide bonds. The van der Waals surface area contributed by atoms with E-state index in [2.05, 4.69) is 5.32 Å². The highest BCUT2D eigenvalue weighted by Gasteiger charge is 2.05. The van der Waals surface area contributed by atoms with E-state index >= 15 is 0 Å². The van der Waals surface area contributed by atoms with Crippen LogP contribution in [0, 0.1) is 5.82 Å². The number of carbonyl (C=O) groups is 1. The van der Waals surface area contributed by atoms with Gasteiger partial charge in [-0.25, -0.2) is 4.39 Å². The molecule has 0 heterocycles. The molecule has 0 saturated carbocycles. The molecule has 3 aromatic rings. The zero-order valence-corrected chi connectivity index (χ0v) is 16.9. The fourth-order valence-electron chi connectivity index (χ4n) is 2.70. The Morgan fingerprint density at radius 1 is 0.893 bits per heavy atom. The fourth-order valence-corrected chi connectivity index (χ4v) is 3.68. The predicted octanol–water partition coefficient (Wildman–Crippen LogP) is 6.13. The summed E-state index contributed by atoms with van der Waals surface area (Å²) in [5.74, 6) is 0.532. The maximum absolute atomic E-state index is 12.9. The number of nitrogens with one attached hydrogen (secondary N) is 1. The zero-order valence-electron chi connectivity index (χ0n) is 15.3. The van der Waals surface area contributed by atoms with Crippen molar-refractivity contribution < 1.29 is 9.18 Å². The molecular formula is C23H21ClFNOS. The molecule has 0 fully saturated rings. The Kier molecular flexibility index (Phi) is 7.52. The number of aryl methyl sites for hydroxylation is 1. The number of hydrogen-bond donors (Lipinski definition) is 1. The van der Waals surface area contributed by atoms with Crippen molar-refractivity contribution in [3.63, 3.8) is 0 Å². The summed E-state index contributed by atoms with van der Waals surface area (Å²) in [6.45, 7) is 0.588. The SMILES string of the molecule is O=C(NCCCc1ccc(F)cc1)c1ccc(CSc2ccc(Cl)cc2)cc1. The largest absolute Gasteiger partial charge is 0.352 e. The van der Waals surface area contributed by atoms with Gasteiger partial charge in [0.1, 0.15) is 5.82 Å². The van der Waals surface area contributed by atoms with Crippen molar-refractivity contribution in [2.75, 3.05) is 6.54 Å². The van der Waals surface area contributed by atoms with Gasteiger partial charge in [0, 0.05) is 27.8 Å². The Balaban J connectivity index is 1.41. The summed E-state index contributed by atoms with van der Waals surface area (Å²) in [6, 6.07) is 21.9. The van der Waals surface area contributed by atoms with Crippen LogP contribution in [-0.2, 0) is 12.2 Å². The van der Waals surface area contributed by atoms with Gasteiger partial charge in [-0.2, -0.15) is 0 Å². The minimum Gasteiger partial charge on any atom is -0.352 e. The summed E-state index contributed by atoms with van der Waals surface area (Å²) in [4.78, 5) is 13.4. The molecule has 144 valence electrons. The van der Waals surface area contributed by atoms with Crippen molar-refractivity contribution in [3.05, 3.63) is 100 Å². The number of thioether (sulfide) groups is 1. The monoisotopic (exact) mass is 413 g/mol. The van der Waals surface area contributed by atoms with Crippen LogP contribution in [0.2, 0.25) is 5.02 Å². The molecule has 0 saturated heterocycles. The van der Waals surface area contributed by atoms with Crippen LogP contribution in [0.25, 0.3) is 0 Å². The predicted molar refractivity (Wildman–Crippen MR) is 115 cm³/mol. The quantitative estimate of drug-likeness (QED) is 0.355. The summed E-state index contributed by atoms with van der Waals surface area (Å²) in [7, 11) is 0. The summed E-state index contributed by atoms with van der Waals surface area (Å²) in [5, 5.41) is 3.67. The van der Waals surface area contributed by atoms with E-state index in [9.17, 15) is 9.18 Å². The number of amides is 1. The van der Waals surface area contributed by atoms with Crippen LogP contribution < -0.4 is 5.32 Å². The van der Waals surface area contributed by atoms with Gasteiger partial charge in [0.05, 0.1) is 0 Å². The van der Waals surface area contributed by atoms with Gasteiger partial charge in [-0.15, -0.1) is 11.8 Å². The van der Waals surface area contributed by atoms with Crippen LogP contribution in [0.15, 0.2) is 77.7 Å². The molecule has 2 nitrogen and oxygen atoms in total. The average Bonchev–Trinajstić information content (AvgIpc) is 2.72. The highest BCUT2D eigenvalue weighted by Crippen LogP contribution is 2.24. The van der Waals surface area contributed by atoms with Gasteiger partial charge in [-0.1, -0.05) is 35.9 Å². The lowest BCUT2D eigenvalue weighted by Crippen LogP contribution is -2.24. The normalized spacial score (nSPS) is 10.6. The lowest BCUT2D eigenvalue weighted by atomic mass is 10.1. The van der Waals surface area contributed by atoms with Crippen LogP contribution >= 0.6 is 23.4 Å². The van der Waals surface area contributed by atoms with E-state index in [-0.39, 0.29) is 11.7 Å². The van der Waals surface area contributed by atoms with Crippen molar-refractivity contribution in [3.8, 4) is 0 Å². The summed E-state index contributed by atoms with van der Waals surface area (Å²) in [6.07, 6.45) is 1.62. The summed E-state index contributed by atoms with van der Waals surface area (Å²) >= 11 is 7.63. The number of halogens is 2. The zero-order chi connectivity index (χ0) is 19.8. The molecule has 0 atom stereocenters. The number of rotatable bonds is 8. The van der Waals surface area contributed by atoms with Crippen molar-refractivity contribution in [2.45, 2.75) is 23.5 Å². The van der Waals surface area contributed by atoms with E-state index in [1.165, 1.54) is 12.1 Å². The molecule has 3 rings (SSSR count). The third kappa shape index (κ3) is 6.39. The maximum atomic E-state index is 12.9. The second-order valence-corrected chi connectivity index (χ2v) is 7.91. The molecule has 0 unspecified atom stereocenters. The molecule has 0 aliphatic rings. The first-order chi connectivity index (χ1) is 13.6. The Hall–Kier alpha value is -2.30. The molecule has 1 N–H and O–H groups in total. The first kappa shape index (κ1) is 20.4. The molecule has 5 heteroatoms. The number of carbonyl (C=O) groups excluding carboxylic acids is 1. The minimum absolute atomic E-state index is 0.0731. The Morgan fingerprint density at radius 2 is 1.54 bits per heavy atom. The lowest BCUT2D eigenvalue weighted by Gasteiger charge is -2.07. The van der Waals surface area contributed by atoms with Crippen LogP contribution in [0.1, 0.15) is 27.9 Å². The smallest absolute Gasteiger partial charge is 0.251 e. The van der Waals surface area contributed by atoms with Crippen molar-refractivity contribution in [2.24, 2.45) is 0 Å². The summed E-state index contributed by atoms with van der Waals surface area (Å²) in [5.41, 5.74) is 2.88. The third-order valence-corrected chi connectivity index (χ3v) is 5.61. The van der Waals surface area contributed by atoms with Crippen LogP contribution in [0.4, 0.5) is 4.39 Å². The second-order valence-electron chi connectivity index (χ2n) is 6.43. The second kappa shape index (κ2) is 10.3. The first-order valence-corrected chi connectivity index (χ1v) is 10.5. The van der Waals surface area contributed by atoms with Gasteiger partial charge in [-0.05, 0) is 72.5 Å². The average molecular weight is 414 g/mol. The molecule has 0 bridgehead atoms. The van der Waals surface area contributed by atoms with Gasteiger partial charge in [0.25, 0.3) is 5.91 Å². The molecular weight excluding hydrogens is 393 g/mol. The van der Waals surface area contributed by atoms with E-state index < -0.39 is 0 Å². The van der Waals surface area contributed by atoms with Gasteiger partial charge in [-0.3, -0.25) is 4.79 Å². The summed E-state index contributed by atoms with van der Waals surface area (Å²) < 4.78 is 12.9. The molecule has 28 heavy (non-hydrogen) atoms. The molecule has 0 aromatic heterocycles. The maximum Gasteiger partial charge on any atom is 0.251 e. The van der Waals surface area contributed by atoms with E-state index in [0.29, 0.717) is 12.1 Å². The molecule has 0 aliphatic heterocycles. The van der Waals surface area contributed by atoms with E-state index in [1.807, 2.05) is 48.5 Å². The van der Waals surface area contributed by atoms with Gasteiger partial charge >= 0.3 is 0 Å². The first-order valence-electron chi connectivity index (χ1n) is 9.10. The van der Waals surface area contributed by atoms with Gasteiger partial charge in [0.2, 0.25) is 0 Å². The Labute approximate surface area is 174 Å². The van der Waals surface area contributed by atoms with Crippen molar-refractivity contribution >= 4 is 29.3 Å².